The van der Waals surface area contributed by atoms with E-state index in [0.717, 1.165) is 12.8 Å². The highest BCUT2D eigenvalue weighted by Crippen LogP contribution is 2.12. The SMILES string of the molecule is COC(=O)CCCCCCCCCCCC/C=C\CN. The molecule has 0 rings (SSSR count). The van der Waals surface area contributed by atoms with E-state index in [1.807, 2.05) is 6.08 Å². The Hall–Kier alpha value is -0.830. The van der Waals surface area contributed by atoms with E-state index in [0.29, 0.717) is 13.0 Å². The third-order valence-corrected chi connectivity index (χ3v) is 3.53. The zero-order chi connectivity index (χ0) is 14.9. The van der Waals surface area contributed by atoms with Gasteiger partial charge in [0.05, 0.1) is 7.11 Å². The molecule has 0 aliphatic heterocycles. The molecule has 0 saturated heterocycles. The minimum Gasteiger partial charge on any atom is -0.469 e. The van der Waals surface area contributed by atoms with Crippen molar-refractivity contribution in [3.8, 4) is 0 Å². The largest absolute Gasteiger partial charge is 0.469 e. The van der Waals surface area contributed by atoms with Gasteiger partial charge in [-0.15, -0.1) is 0 Å². The van der Waals surface area contributed by atoms with Crippen LogP contribution in [0.25, 0.3) is 0 Å². The van der Waals surface area contributed by atoms with Crippen LogP contribution in [0.4, 0.5) is 0 Å². The van der Waals surface area contributed by atoms with Gasteiger partial charge < -0.3 is 10.5 Å². The van der Waals surface area contributed by atoms with Gasteiger partial charge in [-0.05, 0) is 19.3 Å². The second-order valence-corrected chi connectivity index (χ2v) is 5.36. The second kappa shape index (κ2) is 16.2. The molecule has 2 N–H and O–H groups in total. The lowest BCUT2D eigenvalue weighted by Crippen LogP contribution is -1.99. The maximum Gasteiger partial charge on any atom is 0.305 e. The van der Waals surface area contributed by atoms with Crippen molar-refractivity contribution in [2.45, 2.75) is 77.0 Å². The van der Waals surface area contributed by atoms with Crippen LogP contribution in [0.1, 0.15) is 77.0 Å². The number of nitrogens with two attached hydrogens (primary N) is 1. The lowest BCUT2D eigenvalue weighted by atomic mass is 10.1. The number of rotatable bonds is 14. The van der Waals surface area contributed by atoms with E-state index in [2.05, 4.69) is 10.8 Å². The summed E-state index contributed by atoms with van der Waals surface area (Å²) < 4.78 is 4.61. The molecule has 0 amide bonds. The van der Waals surface area contributed by atoms with Crippen LogP contribution in [0.3, 0.4) is 0 Å². The fourth-order valence-electron chi connectivity index (χ4n) is 2.26. The molecular weight excluding hydrogens is 250 g/mol. The zero-order valence-corrected chi connectivity index (χ0v) is 13.2. The fourth-order valence-corrected chi connectivity index (χ4v) is 2.26. The molecular formula is C17H33NO2. The molecule has 20 heavy (non-hydrogen) atoms. The van der Waals surface area contributed by atoms with Crippen LogP contribution in [0.15, 0.2) is 12.2 Å². The fraction of sp³-hybridized carbons (Fsp3) is 0.824. The average Bonchev–Trinajstić information content (AvgIpc) is 2.47. The Labute approximate surface area is 125 Å². The molecule has 0 unspecified atom stereocenters. The van der Waals surface area contributed by atoms with Crippen molar-refractivity contribution < 1.29 is 9.53 Å². The molecule has 0 aromatic carbocycles. The summed E-state index contributed by atoms with van der Waals surface area (Å²) in [5, 5.41) is 0. The third-order valence-electron chi connectivity index (χ3n) is 3.53. The number of allylic oxidation sites excluding steroid dienone is 1. The summed E-state index contributed by atoms with van der Waals surface area (Å²) in [5.74, 6) is -0.0775. The van der Waals surface area contributed by atoms with Crippen LogP contribution in [0, 0.1) is 0 Å². The Bertz CT molecular complexity index is 239. The Morgan fingerprint density at radius 3 is 1.85 bits per heavy atom. The van der Waals surface area contributed by atoms with E-state index in [9.17, 15) is 4.79 Å². The first kappa shape index (κ1) is 19.2. The first-order chi connectivity index (χ1) is 9.81. The van der Waals surface area contributed by atoms with Crippen LogP contribution < -0.4 is 5.73 Å². The highest BCUT2D eigenvalue weighted by Gasteiger charge is 1.99. The molecule has 0 atom stereocenters. The average molecular weight is 283 g/mol. The van der Waals surface area contributed by atoms with E-state index < -0.39 is 0 Å². The van der Waals surface area contributed by atoms with Crippen LogP contribution in [-0.2, 0) is 9.53 Å². The van der Waals surface area contributed by atoms with Crippen molar-refractivity contribution in [1.29, 1.82) is 0 Å². The smallest absolute Gasteiger partial charge is 0.305 e. The number of esters is 1. The highest BCUT2D eigenvalue weighted by atomic mass is 16.5. The molecule has 3 heteroatoms. The normalized spacial score (nSPS) is 11.1. The zero-order valence-electron chi connectivity index (χ0n) is 13.2. The number of ether oxygens (including phenoxy) is 1. The van der Waals surface area contributed by atoms with Gasteiger partial charge in [-0.3, -0.25) is 4.79 Å². The van der Waals surface area contributed by atoms with Gasteiger partial charge in [0.2, 0.25) is 0 Å². The van der Waals surface area contributed by atoms with Crippen molar-refractivity contribution in [3.63, 3.8) is 0 Å². The number of carbonyl (C=O) groups is 1. The van der Waals surface area contributed by atoms with Gasteiger partial charge in [0, 0.05) is 13.0 Å². The predicted molar refractivity (Wildman–Crippen MR) is 85.6 cm³/mol. The summed E-state index contributed by atoms with van der Waals surface area (Å²) in [6.45, 7) is 0.666. The molecule has 0 bridgehead atoms. The molecule has 0 aromatic heterocycles. The topological polar surface area (TPSA) is 52.3 Å². The van der Waals surface area contributed by atoms with E-state index in [1.165, 1.54) is 64.9 Å². The first-order valence-corrected chi connectivity index (χ1v) is 8.23. The summed E-state index contributed by atoms with van der Waals surface area (Å²) >= 11 is 0. The number of carbonyl (C=O) groups excluding carboxylic acids is 1. The highest BCUT2D eigenvalue weighted by molar-refractivity contribution is 5.68. The number of hydrogen-bond acceptors (Lipinski definition) is 3. The molecule has 0 aromatic rings. The van der Waals surface area contributed by atoms with Crippen LogP contribution >= 0.6 is 0 Å². The lowest BCUT2D eigenvalue weighted by molar-refractivity contribution is -0.140. The van der Waals surface area contributed by atoms with Crippen LogP contribution in [0.2, 0.25) is 0 Å². The van der Waals surface area contributed by atoms with Crippen LogP contribution in [-0.4, -0.2) is 19.6 Å². The maximum absolute atomic E-state index is 10.9. The molecule has 118 valence electrons. The van der Waals surface area contributed by atoms with Gasteiger partial charge >= 0.3 is 5.97 Å². The Kier molecular flexibility index (Phi) is 15.6. The molecule has 0 saturated carbocycles. The summed E-state index contributed by atoms with van der Waals surface area (Å²) in [4.78, 5) is 10.9. The summed E-state index contributed by atoms with van der Waals surface area (Å²) in [7, 11) is 1.46. The Balaban J connectivity index is 3.02. The number of hydrogen-bond donors (Lipinski definition) is 1. The molecule has 0 aliphatic rings. The predicted octanol–water partition coefficient (Wildman–Crippen LogP) is 4.36. The quantitative estimate of drug-likeness (QED) is 0.293. The van der Waals surface area contributed by atoms with Gasteiger partial charge in [-0.1, -0.05) is 63.5 Å². The third kappa shape index (κ3) is 15.2. The minimum absolute atomic E-state index is 0.0775. The number of unbranched alkanes of at least 4 members (excludes halogenated alkanes) is 10. The Morgan fingerprint density at radius 2 is 1.35 bits per heavy atom. The van der Waals surface area contributed by atoms with Gasteiger partial charge in [0.15, 0.2) is 0 Å². The minimum atomic E-state index is -0.0775. The van der Waals surface area contributed by atoms with Gasteiger partial charge in [0.1, 0.15) is 0 Å². The number of methoxy groups -OCH3 is 1. The van der Waals surface area contributed by atoms with Crippen LogP contribution in [0.5, 0.6) is 0 Å². The summed E-state index contributed by atoms with van der Waals surface area (Å²) in [5.41, 5.74) is 5.38. The molecule has 0 aliphatic carbocycles. The van der Waals surface area contributed by atoms with E-state index in [1.54, 1.807) is 0 Å². The van der Waals surface area contributed by atoms with Crippen molar-refractivity contribution in [2.75, 3.05) is 13.7 Å². The summed E-state index contributed by atoms with van der Waals surface area (Å²) in [6.07, 6.45) is 18.7. The first-order valence-electron chi connectivity index (χ1n) is 8.23. The van der Waals surface area contributed by atoms with E-state index in [-0.39, 0.29) is 5.97 Å². The van der Waals surface area contributed by atoms with Crippen molar-refractivity contribution in [1.82, 2.24) is 0 Å². The molecule has 3 nitrogen and oxygen atoms in total. The lowest BCUT2D eigenvalue weighted by Gasteiger charge is -2.02. The summed E-state index contributed by atoms with van der Waals surface area (Å²) in [6, 6.07) is 0. The van der Waals surface area contributed by atoms with E-state index >= 15 is 0 Å². The van der Waals surface area contributed by atoms with Crippen molar-refractivity contribution in [3.05, 3.63) is 12.2 Å². The van der Waals surface area contributed by atoms with Gasteiger partial charge in [0.25, 0.3) is 0 Å². The molecule has 0 heterocycles. The van der Waals surface area contributed by atoms with E-state index in [4.69, 9.17) is 5.73 Å². The Morgan fingerprint density at radius 1 is 0.850 bits per heavy atom. The molecule has 0 fully saturated rings. The van der Waals surface area contributed by atoms with Crippen molar-refractivity contribution in [2.24, 2.45) is 5.73 Å². The monoisotopic (exact) mass is 283 g/mol. The van der Waals surface area contributed by atoms with Crippen molar-refractivity contribution >= 4 is 5.97 Å². The van der Waals surface area contributed by atoms with Gasteiger partial charge in [-0.25, -0.2) is 0 Å². The standard InChI is InChI=1S/C17H33NO2/c1-20-17(19)15-13-11-9-7-5-3-2-4-6-8-10-12-14-16-18/h12,14H,2-11,13,15-16,18H2,1H3/b14-12-. The second-order valence-electron chi connectivity index (χ2n) is 5.36. The molecule has 0 spiro atoms. The van der Waals surface area contributed by atoms with Gasteiger partial charge in [-0.2, -0.15) is 0 Å². The maximum atomic E-state index is 10.9. The molecule has 0 radical (unpaired) electrons.